The van der Waals surface area contributed by atoms with Crippen molar-refractivity contribution < 1.29 is 14.3 Å². The fourth-order valence-corrected chi connectivity index (χ4v) is 4.07. The van der Waals surface area contributed by atoms with Crippen LogP contribution in [-0.2, 0) is 9.53 Å². The Bertz CT molecular complexity index is 875. The summed E-state index contributed by atoms with van der Waals surface area (Å²) < 4.78 is 6.06. The molecule has 0 aliphatic heterocycles. The SMILES string of the molecule is CCCO[C@@H]1C[C@@H](C(=O)NC2CC2)CC[C@H]1NC(=O)c1cccc2cccnc12. The summed E-state index contributed by atoms with van der Waals surface area (Å²) in [4.78, 5) is 29.9. The average Bonchev–Trinajstić information content (AvgIpc) is 3.56. The first-order valence-electron chi connectivity index (χ1n) is 10.7. The number of carbonyl (C=O) groups is 2. The third-order valence-electron chi connectivity index (χ3n) is 5.82. The quantitative estimate of drug-likeness (QED) is 0.754. The molecule has 3 atom stereocenters. The zero-order chi connectivity index (χ0) is 20.2. The molecule has 6 heteroatoms. The molecule has 2 fully saturated rings. The van der Waals surface area contributed by atoms with Crippen LogP contribution in [0.1, 0.15) is 55.8 Å². The largest absolute Gasteiger partial charge is 0.376 e. The molecular formula is C23H29N3O3. The molecule has 2 aromatic rings. The van der Waals surface area contributed by atoms with Crippen molar-refractivity contribution in [3.8, 4) is 0 Å². The molecule has 2 amide bonds. The number of aromatic nitrogens is 1. The van der Waals surface area contributed by atoms with Gasteiger partial charge in [-0.25, -0.2) is 0 Å². The normalized spacial score (nSPS) is 24.2. The van der Waals surface area contributed by atoms with E-state index in [1.54, 1.807) is 12.3 Å². The van der Waals surface area contributed by atoms with Crippen molar-refractivity contribution in [2.75, 3.05) is 6.61 Å². The van der Waals surface area contributed by atoms with Gasteiger partial charge in [0.2, 0.25) is 5.91 Å². The van der Waals surface area contributed by atoms with E-state index in [1.165, 1.54) is 0 Å². The number of pyridine rings is 1. The molecule has 29 heavy (non-hydrogen) atoms. The predicted molar refractivity (Wildman–Crippen MR) is 112 cm³/mol. The highest BCUT2D eigenvalue weighted by Crippen LogP contribution is 2.29. The number of para-hydroxylation sites is 1. The van der Waals surface area contributed by atoms with Crippen molar-refractivity contribution in [3.63, 3.8) is 0 Å². The van der Waals surface area contributed by atoms with Gasteiger partial charge in [0.15, 0.2) is 0 Å². The van der Waals surface area contributed by atoms with Gasteiger partial charge in [-0.05, 0) is 50.7 Å². The summed E-state index contributed by atoms with van der Waals surface area (Å²) in [6.45, 7) is 2.69. The summed E-state index contributed by atoms with van der Waals surface area (Å²) in [5.74, 6) is -0.0317. The first kappa shape index (κ1) is 19.8. The number of ether oxygens (including phenoxy) is 1. The Balaban J connectivity index is 1.45. The predicted octanol–water partition coefficient (Wildman–Crippen LogP) is 3.21. The number of benzene rings is 1. The van der Waals surface area contributed by atoms with E-state index in [9.17, 15) is 9.59 Å². The van der Waals surface area contributed by atoms with Crippen molar-refractivity contribution in [2.24, 2.45) is 5.92 Å². The number of hydrogen-bond acceptors (Lipinski definition) is 4. The van der Waals surface area contributed by atoms with Gasteiger partial charge in [-0.15, -0.1) is 0 Å². The minimum atomic E-state index is -0.148. The van der Waals surface area contributed by atoms with Gasteiger partial charge in [-0.2, -0.15) is 0 Å². The second kappa shape index (κ2) is 8.91. The smallest absolute Gasteiger partial charge is 0.253 e. The number of hydrogen-bond donors (Lipinski definition) is 2. The maximum atomic E-state index is 13.0. The third kappa shape index (κ3) is 4.75. The van der Waals surface area contributed by atoms with Gasteiger partial charge in [0.25, 0.3) is 5.91 Å². The number of carbonyl (C=O) groups excluding carboxylic acids is 2. The van der Waals surface area contributed by atoms with E-state index in [-0.39, 0.29) is 29.9 Å². The Morgan fingerprint density at radius 2 is 1.93 bits per heavy atom. The molecule has 2 aliphatic carbocycles. The number of nitrogens with one attached hydrogen (secondary N) is 2. The third-order valence-corrected chi connectivity index (χ3v) is 5.82. The Morgan fingerprint density at radius 3 is 2.72 bits per heavy atom. The monoisotopic (exact) mass is 395 g/mol. The Morgan fingerprint density at radius 1 is 1.10 bits per heavy atom. The van der Waals surface area contributed by atoms with Crippen LogP contribution in [0.15, 0.2) is 36.5 Å². The van der Waals surface area contributed by atoms with Crippen LogP contribution in [0.2, 0.25) is 0 Å². The fourth-order valence-electron chi connectivity index (χ4n) is 4.07. The summed E-state index contributed by atoms with van der Waals surface area (Å²) in [5, 5.41) is 7.22. The molecule has 2 saturated carbocycles. The van der Waals surface area contributed by atoms with Gasteiger partial charge in [-0.3, -0.25) is 14.6 Å². The Labute approximate surface area is 171 Å². The van der Waals surface area contributed by atoms with Gasteiger partial charge in [-0.1, -0.05) is 25.1 Å². The van der Waals surface area contributed by atoms with E-state index >= 15 is 0 Å². The molecule has 6 nitrogen and oxygen atoms in total. The van der Waals surface area contributed by atoms with Crippen molar-refractivity contribution in [3.05, 3.63) is 42.1 Å². The Kier molecular flexibility index (Phi) is 6.09. The van der Waals surface area contributed by atoms with E-state index in [0.717, 1.165) is 37.5 Å². The standard InChI is InChI=1S/C23H29N3O3/c1-2-13-29-20-14-16(22(27)25-17-9-10-17)8-11-19(20)26-23(28)18-7-3-5-15-6-4-12-24-21(15)18/h3-7,12,16-17,19-20H,2,8-11,13-14H2,1H3,(H,25,27)(H,26,28)/t16-,19+,20+/m0/s1. The second-order valence-electron chi connectivity index (χ2n) is 8.16. The highest BCUT2D eigenvalue weighted by atomic mass is 16.5. The molecule has 154 valence electrons. The summed E-state index contributed by atoms with van der Waals surface area (Å²) in [6.07, 6.45) is 6.80. The lowest BCUT2D eigenvalue weighted by Gasteiger charge is -2.36. The Hall–Kier alpha value is -2.47. The summed E-state index contributed by atoms with van der Waals surface area (Å²) >= 11 is 0. The lowest BCUT2D eigenvalue weighted by molar-refractivity contribution is -0.128. The highest BCUT2D eigenvalue weighted by Gasteiger charge is 2.37. The fraction of sp³-hybridized carbons (Fsp3) is 0.522. The van der Waals surface area contributed by atoms with Crippen LogP contribution in [0.4, 0.5) is 0 Å². The van der Waals surface area contributed by atoms with Crippen LogP contribution in [0, 0.1) is 5.92 Å². The van der Waals surface area contributed by atoms with Gasteiger partial charge in [0.1, 0.15) is 0 Å². The molecule has 0 radical (unpaired) electrons. The van der Waals surface area contributed by atoms with Crippen molar-refractivity contribution >= 4 is 22.7 Å². The van der Waals surface area contributed by atoms with Gasteiger partial charge < -0.3 is 15.4 Å². The number of rotatable bonds is 7. The molecular weight excluding hydrogens is 366 g/mol. The lowest BCUT2D eigenvalue weighted by Crippen LogP contribution is -2.50. The van der Waals surface area contributed by atoms with Gasteiger partial charge in [0, 0.05) is 30.1 Å². The van der Waals surface area contributed by atoms with Crippen LogP contribution in [0.3, 0.4) is 0 Å². The molecule has 0 unspecified atom stereocenters. The van der Waals surface area contributed by atoms with E-state index in [2.05, 4.69) is 22.5 Å². The molecule has 0 spiro atoms. The van der Waals surface area contributed by atoms with E-state index in [4.69, 9.17) is 4.74 Å². The van der Waals surface area contributed by atoms with Crippen LogP contribution >= 0.6 is 0 Å². The van der Waals surface area contributed by atoms with Crippen LogP contribution in [-0.4, -0.2) is 41.6 Å². The minimum Gasteiger partial charge on any atom is -0.376 e. The molecule has 0 saturated heterocycles. The molecule has 1 aromatic heterocycles. The highest BCUT2D eigenvalue weighted by molar-refractivity contribution is 6.05. The number of fused-ring (bicyclic) bond motifs is 1. The molecule has 2 aliphatic rings. The first-order chi connectivity index (χ1) is 14.2. The molecule has 0 bridgehead atoms. The van der Waals surface area contributed by atoms with E-state index < -0.39 is 0 Å². The zero-order valence-corrected chi connectivity index (χ0v) is 16.9. The maximum Gasteiger partial charge on any atom is 0.253 e. The summed E-state index contributed by atoms with van der Waals surface area (Å²) in [6, 6.07) is 9.73. The molecule has 4 rings (SSSR count). The average molecular weight is 396 g/mol. The molecule has 2 N–H and O–H groups in total. The van der Waals surface area contributed by atoms with E-state index in [1.807, 2.05) is 24.3 Å². The minimum absolute atomic E-state index is 0.0372. The van der Waals surface area contributed by atoms with Crippen LogP contribution in [0.25, 0.3) is 10.9 Å². The number of nitrogens with zero attached hydrogens (tertiary/aromatic N) is 1. The topological polar surface area (TPSA) is 80.3 Å². The first-order valence-corrected chi connectivity index (χ1v) is 10.7. The van der Waals surface area contributed by atoms with Crippen molar-refractivity contribution in [1.29, 1.82) is 0 Å². The second-order valence-corrected chi connectivity index (χ2v) is 8.16. The van der Waals surface area contributed by atoms with Gasteiger partial charge in [0.05, 0.1) is 23.2 Å². The number of amides is 2. The van der Waals surface area contributed by atoms with Crippen LogP contribution < -0.4 is 10.6 Å². The van der Waals surface area contributed by atoms with Crippen molar-refractivity contribution in [1.82, 2.24) is 15.6 Å². The molecule has 1 heterocycles. The van der Waals surface area contributed by atoms with Crippen LogP contribution in [0.5, 0.6) is 0 Å². The van der Waals surface area contributed by atoms with E-state index in [0.29, 0.717) is 30.1 Å². The molecule has 1 aromatic carbocycles. The van der Waals surface area contributed by atoms with Crippen molar-refractivity contribution in [2.45, 2.75) is 63.6 Å². The summed E-state index contributed by atoms with van der Waals surface area (Å²) in [5.41, 5.74) is 1.28. The van der Waals surface area contributed by atoms with Gasteiger partial charge >= 0.3 is 0 Å². The zero-order valence-electron chi connectivity index (χ0n) is 16.9. The summed E-state index contributed by atoms with van der Waals surface area (Å²) in [7, 11) is 0. The maximum absolute atomic E-state index is 13.0. The lowest BCUT2D eigenvalue weighted by atomic mass is 9.83.